The number of furan rings is 1. The monoisotopic (exact) mass is 199 g/mol. The Kier molecular flexibility index (Phi) is 4.15. The first-order chi connectivity index (χ1) is 6.77. The van der Waals surface area contributed by atoms with E-state index in [1.165, 1.54) is 7.11 Å². The lowest BCUT2D eigenvalue weighted by atomic mass is 10.4. The van der Waals surface area contributed by atoms with Gasteiger partial charge in [-0.2, -0.15) is 5.48 Å². The summed E-state index contributed by atoms with van der Waals surface area (Å²) in [7, 11) is 1.31. The van der Waals surface area contributed by atoms with Crippen LogP contribution < -0.4 is 5.48 Å². The van der Waals surface area contributed by atoms with Crippen LogP contribution in [0.25, 0.3) is 0 Å². The molecule has 0 amide bonds. The third kappa shape index (κ3) is 2.86. The fraction of sp³-hybridized carbons (Fsp3) is 0.444. The SMILES string of the molecule is CCONCc1ccc(C(=O)OC)o1. The molecule has 1 rings (SSSR count). The van der Waals surface area contributed by atoms with Crippen LogP contribution in [0.1, 0.15) is 23.2 Å². The summed E-state index contributed by atoms with van der Waals surface area (Å²) in [6, 6.07) is 3.26. The van der Waals surface area contributed by atoms with E-state index in [1.807, 2.05) is 6.92 Å². The molecule has 14 heavy (non-hydrogen) atoms. The zero-order chi connectivity index (χ0) is 10.4. The molecular weight excluding hydrogens is 186 g/mol. The van der Waals surface area contributed by atoms with Gasteiger partial charge in [-0.25, -0.2) is 4.79 Å². The Hall–Kier alpha value is -1.33. The highest BCUT2D eigenvalue weighted by atomic mass is 16.6. The zero-order valence-corrected chi connectivity index (χ0v) is 8.20. The van der Waals surface area contributed by atoms with E-state index in [0.717, 1.165) is 0 Å². The number of methoxy groups -OCH3 is 1. The number of hydroxylamine groups is 1. The second-order valence-electron chi connectivity index (χ2n) is 2.51. The van der Waals surface area contributed by atoms with E-state index in [2.05, 4.69) is 10.2 Å². The molecule has 0 fully saturated rings. The van der Waals surface area contributed by atoms with Gasteiger partial charge in [0.05, 0.1) is 20.3 Å². The van der Waals surface area contributed by atoms with E-state index in [4.69, 9.17) is 9.25 Å². The molecule has 5 nitrogen and oxygen atoms in total. The number of rotatable bonds is 5. The lowest BCUT2D eigenvalue weighted by molar-refractivity contribution is 0.0411. The van der Waals surface area contributed by atoms with Crippen LogP contribution in [-0.2, 0) is 16.1 Å². The number of nitrogens with one attached hydrogen (secondary N) is 1. The van der Waals surface area contributed by atoms with Crippen LogP contribution in [0.3, 0.4) is 0 Å². The van der Waals surface area contributed by atoms with E-state index in [-0.39, 0.29) is 5.76 Å². The number of ether oxygens (including phenoxy) is 1. The minimum Gasteiger partial charge on any atom is -0.463 e. The van der Waals surface area contributed by atoms with Crippen molar-refractivity contribution in [1.29, 1.82) is 0 Å². The Labute approximate surface area is 81.9 Å². The normalized spacial score (nSPS) is 10.1. The van der Waals surface area contributed by atoms with E-state index in [9.17, 15) is 4.79 Å². The van der Waals surface area contributed by atoms with E-state index >= 15 is 0 Å². The Morgan fingerprint density at radius 2 is 2.36 bits per heavy atom. The van der Waals surface area contributed by atoms with Gasteiger partial charge in [0.25, 0.3) is 0 Å². The summed E-state index contributed by atoms with van der Waals surface area (Å²) in [5.74, 6) is 0.340. The molecule has 0 aromatic carbocycles. The minimum atomic E-state index is -0.479. The van der Waals surface area contributed by atoms with Gasteiger partial charge < -0.3 is 14.0 Å². The van der Waals surface area contributed by atoms with Crippen molar-refractivity contribution in [2.75, 3.05) is 13.7 Å². The summed E-state index contributed by atoms with van der Waals surface area (Å²) in [5, 5.41) is 0. The van der Waals surface area contributed by atoms with Crippen molar-refractivity contribution in [3.05, 3.63) is 23.7 Å². The molecule has 0 bridgehead atoms. The predicted octanol–water partition coefficient (Wildman–Crippen LogP) is 1.11. The highest BCUT2D eigenvalue weighted by Crippen LogP contribution is 2.08. The molecule has 1 heterocycles. The third-order valence-electron chi connectivity index (χ3n) is 1.54. The molecule has 0 spiro atoms. The summed E-state index contributed by atoms with van der Waals surface area (Å²) in [6.45, 7) is 2.87. The van der Waals surface area contributed by atoms with Crippen LogP contribution in [0.5, 0.6) is 0 Å². The quantitative estimate of drug-likeness (QED) is 0.437. The topological polar surface area (TPSA) is 60.7 Å². The van der Waals surface area contributed by atoms with Gasteiger partial charge in [-0.05, 0) is 19.1 Å². The first kappa shape index (κ1) is 10.7. The van der Waals surface area contributed by atoms with Gasteiger partial charge in [0, 0.05) is 0 Å². The Morgan fingerprint density at radius 1 is 1.57 bits per heavy atom. The molecule has 0 atom stereocenters. The van der Waals surface area contributed by atoms with Crippen LogP contribution in [0.2, 0.25) is 0 Å². The zero-order valence-electron chi connectivity index (χ0n) is 8.20. The largest absolute Gasteiger partial charge is 0.463 e. The van der Waals surface area contributed by atoms with Crippen LogP contribution in [0, 0.1) is 0 Å². The predicted molar refractivity (Wildman–Crippen MR) is 48.5 cm³/mol. The van der Waals surface area contributed by atoms with Gasteiger partial charge in [-0.1, -0.05) is 0 Å². The molecule has 0 unspecified atom stereocenters. The summed E-state index contributed by atoms with van der Waals surface area (Å²) < 4.78 is 9.66. The van der Waals surface area contributed by atoms with E-state index in [0.29, 0.717) is 18.9 Å². The van der Waals surface area contributed by atoms with Crippen LogP contribution in [-0.4, -0.2) is 19.7 Å². The van der Waals surface area contributed by atoms with E-state index in [1.54, 1.807) is 12.1 Å². The lowest BCUT2D eigenvalue weighted by Gasteiger charge is -1.99. The summed E-state index contributed by atoms with van der Waals surface area (Å²) >= 11 is 0. The third-order valence-corrected chi connectivity index (χ3v) is 1.54. The molecule has 0 saturated carbocycles. The van der Waals surface area contributed by atoms with Gasteiger partial charge in [-0.3, -0.25) is 0 Å². The molecule has 5 heteroatoms. The molecule has 0 aliphatic rings. The van der Waals surface area contributed by atoms with Crippen LogP contribution in [0.4, 0.5) is 0 Å². The van der Waals surface area contributed by atoms with Gasteiger partial charge in [0.2, 0.25) is 5.76 Å². The molecule has 0 aliphatic heterocycles. The maximum atomic E-state index is 11.0. The van der Waals surface area contributed by atoms with Gasteiger partial charge >= 0.3 is 5.97 Å². The maximum Gasteiger partial charge on any atom is 0.373 e. The fourth-order valence-electron chi connectivity index (χ4n) is 0.907. The first-order valence-electron chi connectivity index (χ1n) is 4.29. The first-order valence-corrected chi connectivity index (χ1v) is 4.29. The van der Waals surface area contributed by atoms with Crippen molar-refractivity contribution in [3.63, 3.8) is 0 Å². The average molecular weight is 199 g/mol. The van der Waals surface area contributed by atoms with E-state index < -0.39 is 5.97 Å². The van der Waals surface area contributed by atoms with Crippen molar-refractivity contribution in [3.8, 4) is 0 Å². The Balaban J connectivity index is 2.46. The highest BCUT2D eigenvalue weighted by Gasteiger charge is 2.10. The van der Waals surface area contributed by atoms with Crippen LogP contribution >= 0.6 is 0 Å². The van der Waals surface area contributed by atoms with Gasteiger partial charge in [-0.15, -0.1) is 0 Å². The average Bonchev–Trinajstić information content (AvgIpc) is 2.66. The number of hydrogen-bond donors (Lipinski definition) is 1. The number of carbonyl (C=O) groups is 1. The molecular formula is C9H13NO4. The molecule has 1 aromatic heterocycles. The fourth-order valence-corrected chi connectivity index (χ4v) is 0.907. The van der Waals surface area contributed by atoms with Crippen LogP contribution in [0.15, 0.2) is 16.5 Å². The summed E-state index contributed by atoms with van der Waals surface area (Å²) in [4.78, 5) is 15.9. The van der Waals surface area contributed by atoms with Crippen molar-refractivity contribution >= 4 is 5.97 Å². The smallest absolute Gasteiger partial charge is 0.373 e. The molecule has 1 N–H and O–H groups in total. The lowest BCUT2D eigenvalue weighted by Crippen LogP contribution is -2.12. The minimum absolute atomic E-state index is 0.195. The highest BCUT2D eigenvalue weighted by molar-refractivity contribution is 5.86. The standard InChI is InChI=1S/C9H13NO4/c1-3-13-10-6-7-4-5-8(14-7)9(11)12-2/h4-5,10H,3,6H2,1-2H3. The number of esters is 1. The Morgan fingerprint density at radius 3 is 3.00 bits per heavy atom. The molecule has 0 aliphatic carbocycles. The molecule has 1 aromatic rings. The maximum absolute atomic E-state index is 11.0. The van der Waals surface area contributed by atoms with Gasteiger partial charge in [0.15, 0.2) is 0 Å². The van der Waals surface area contributed by atoms with Crippen molar-refractivity contribution in [2.45, 2.75) is 13.5 Å². The summed E-state index contributed by atoms with van der Waals surface area (Å²) in [5.41, 5.74) is 2.68. The van der Waals surface area contributed by atoms with Crippen molar-refractivity contribution in [2.24, 2.45) is 0 Å². The Bertz CT molecular complexity index is 295. The summed E-state index contributed by atoms with van der Waals surface area (Å²) in [6.07, 6.45) is 0. The molecule has 78 valence electrons. The second kappa shape index (κ2) is 5.41. The van der Waals surface area contributed by atoms with Crippen molar-refractivity contribution < 1.29 is 18.8 Å². The molecule has 0 saturated heterocycles. The van der Waals surface area contributed by atoms with Gasteiger partial charge in [0.1, 0.15) is 5.76 Å². The second-order valence-corrected chi connectivity index (χ2v) is 2.51. The van der Waals surface area contributed by atoms with Crippen molar-refractivity contribution in [1.82, 2.24) is 5.48 Å². The number of carbonyl (C=O) groups excluding carboxylic acids is 1. The number of hydrogen-bond acceptors (Lipinski definition) is 5. The molecule has 0 radical (unpaired) electrons.